The number of aliphatic carboxylic acids is 2. The predicted molar refractivity (Wildman–Crippen MR) is 127 cm³/mol. The van der Waals surface area contributed by atoms with Gasteiger partial charge in [0.15, 0.2) is 0 Å². The van der Waals surface area contributed by atoms with Gasteiger partial charge in [0, 0.05) is 31.7 Å². The molecule has 2 heterocycles. The van der Waals surface area contributed by atoms with Crippen molar-refractivity contribution in [2.24, 2.45) is 0 Å². The van der Waals surface area contributed by atoms with Crippen molar-refractivity contribution in [2.75, 3.05) is 32.1 Å². The number of alkyl halides is 6. The van der Waals surface area contributed by atoms with Crippen LogP contribution in [0.25, 0.3) is 0 Å². The maximum atomic E-state index is 13.4. The minimum absolute atomic E-state index is 0.0720. The number of hydrogen-bond acceptors (Lipinski definition) is 6. The van der Waals surface area contributed by atoms with Gasteiger partial charge in [-0.05, 0) is 42.3 Å². The molecule has 2 aromatic rings. The normalized spacial score (nSPS) is 20.6. The summed E-state index contributed by atoms with van der Waals surface area (Å²) in [6.45, 7) is 3.59. The van der Waals surface area contributed by atoms with Gasteiger partial charge >= 0.3 is 24.3 Å². The van der Waals surface area contributed by atoms with E-state index in [0.717, 1.165) is 43.9 Å². The van der Waals surface area contributed by atoms with Crippen LogP contribution in [0.3, 0.4) is 0 Å². The highest BCUT2D eigenvalue weighted by Gasteiger charge is 2.45. The van der Waals surface area contributed by atoms with E-state index in [1.165, 1.54) is 17.7 Å². The van der Waals surface area contributed by atoms with Crippen molar-refractivity contribution in [3.63, 3.8) is 0 Å². The number of likely N-dealkylation sites (tertiary alicyclic amines) is 1. The third-order valence-electron chi connectivity index (χ3n) is 5.85. The molecule has 0 radical (unpaired) electrons. The predicted octanol–water partition coefficient (Wildman–Crippen LogP) is 4.95. The number of hydrogen-bond donors (Lipinski definition) is 3. The Hall–Kier alpha value is -3.59. The number of nitrogens with zero attached hydrogens (tertiary/aromatic N) is 1. The molecule has 15 heteroatoms. The van der Waals surface area contributed by atoms with Gasteiger partial charge in [0.05, 0.1) is 25.4 Å². The first-order valence-corrected chi connectivity index (χ1v) is 11.6. The molecular formula is C25H27F7N2O6. The number of carboxylic acids is 2. The first kappa shape index (κ1) is 32.6. The molecule has 2 fully saturated rings. The number of ether oxygens (including phenoxy) is 2. The molecule has 222 valence electrons. The molecule has 2 aliphatic rings. The molecule has 3 N–H and O–H groups in total. The molecule has 0 amide bonds. The van der Waals surface area contributed by atoms with E-state index in [-0.39, 0.29) is 17.5 Å². The molecule has 0 bridgehead atoms. The second-order valence-corrected chi connectivity index (χ2v) is 8.96. The van der Waals surface area contributed by atoms with E-state index in [0.29, 0.717) is 6.61 Å². The van der Waals surface area contributed by atoms with Crippen LogP contribution in [0.1, 0.15) is 18.4 Å². The lowest BCUT2D eigenvalue weighted by Gasteiger charge is -2.23. The zero-order chi connectivity index (χ0) is 30.1. The third kappa shape index (κ3) is 10.5. The van der Waals surface area contributed by atoms with E-state index < -0.39 is 24.3 Å². The molecule has 40 heavy (non-hydrogen) atoms. The summed E-state index contributed by atoms with van der Waals surface area (Å²) in [5.41, 5.74) is 2.04. The monoisotopic (exact) mass is 584 g/mol. The van der Waals surface area contributed by atoms with Crippen LogP contribution >= 0.6 is 0 Å². The number of rotatable bonds is 5. The standard InChI is InChI=1S/C21H25FN2O2.2C2HF3O2/c1-25-20-7-5-16(6-8-20)13-24-10-9-21(15-24)12-19(14-26-21)23-18-4-2-3-17(22)11-18;2*3-2(4,5)1(6)7/h2-8,11,19,23H,9-10,12-15H2,1H3;2*(H,6,7). The molecule has 2 saturated heterocycles. The van der Waals surface area contributed by atoms with Crippen LogP contribution < -0.4 is 10.1 Å². The maximum Gasteiger partial charge on any atom is 0.490 e. The molecule has 0 aliphatic carbocycles. The number of methoxy groups -OCH3 is 1. The first-order chi connectivity index (χ1) is 18.5. The highest BCUT2D eigenvalue weighted by Crippen LogP contribution is 2.36. The Morgan fingerprint density at radius 2 is 1.62 bits per heavy atom. The number of benzene rings is 2. The smallest absolute Gasteiger partial charge is 0.490 e. The summed E-state index contributed by atoms with van der Waals surface area (Å²) in [7, 11) is 1.69. The molecule has 2 aromatic carbocycles. The lowest BCUT2D eigenvalue weighted by Crippen LogP contribution is -2.33. The Bertz CT molecular complexity index is 1100. The number of halogens is 7. The van der Waals surface area contributed by atoms with E-state index in [1.54, 1.807) is 13.2 Å². The zero-order valence-corrected chi connectivity index (χ0v) is 21.1. The molecule has 2 atom stereocenters. The van der Waals surface area contributed by atoms with Gasteiger partial charge in [-0.1, -0.05) is 18.2 Å². The molecule has 4 rings (SSSR count). The van der Waals surface area contributed by atoms with Crippen LogP contribution in [0.4, 0.5) is 36.4 Å². The van der Waals surface area contributed by atoms with Crippen LogP contribution in [0, 0.1) is 5.82 Å². The maximum absolute atomic E-state index is 13.4. The van der Waals surface area contributed by atoms with Gasteiger partial charge < -0.3 is 25.0 Å². The highest BCUT2D eigenvalue weighted by atomic mass is 19.4. The Morgan fingerprint density at radius 1 is 1.05 bits per heavy atom. The van der Waals surface area contributed by atoms with E-state index in [9.17, 15) is 30.7 Å². The largest absolute Gasteiger partial charge is 0.497 e. The number of carboxylic acid groups (broad SMARTS) is 2. The van der Waals surface area contributed by atoms with Gasteiger partial charge in [-0.25, -0.2) is 14.0 Å². The molecular weight excluding hydrogens is 557 g/mol. The fourth-order valence-electron chi connectivity index (χ4n) is 4.09. The minimum atomic E-state index is -5.08. The van der Waals surface area contributed by atoms with Crippen molar-refractivity contribution >= 4 is 17.6 Å². The third-order valence-corrected chi connectivity index (χ3v) is 5.85. The Morgan fingerprint density at radius 3 is 2.12 bits per heavy atom. The second-order valence-electron chi connectivity index (χ2n) is 8.96. The topological polar surface area (TPSA) is 108 Å². The molecule has 0 aromatic heterocycles. The van der Waals surface area contributed by atoms with Crippen molar-refractivity contribution < 1.29 is 60.0 Å². The molecule has 8 nitrogen and oxygen atoms in total. The van der Waals surface area contributed by atoms with Gasteiger partial charge in [0.25, 0.3) is 0 Å². The van der Waals surface area contributed by atoms with E-state index in [1.807, 2.05) is 18.2 Å². The Balaban J connectivity index is 0.000000333. The highest BCUT2D eigenvalue weighted by molar-refractivity contribution is 5.73. The number of carbonyl (C=O) groups is 2. The van der Waals surface area contributed by atoms with Gasteiger partial charge in [-0.3, -0.25) is 4.90 Å². The van der Waals surface area contributed by atoms with Gasteiger partial charge in [-0.2, -0.15) is 26.3 Å². The van der Waals surface area contributed by atoms with Crippen molar-refractivity contribution in [3.05, 3.63) is 59.9 Å². The average Bonchev–Trinajstić information content (AvgIpc) is 3.44. The van der Waals surface area contributed by atoms with E-state index in [2.05, 4.69) is 22.3 Å². The van der Waals surface area contributed by atoms with Crippen molar-refractivity contribution in [1.82, 2.24) is 4.90 Å². The average molecular weight is 584 g/mol. The van der Waals surface area contributed by atoms with Crippen molar-refractivity contribution in [1.29, 1.82) is 0 Å². The lowest BCUT2D eigenvalue weighted by atomic mass is 9.97. The van der Waals surface area contributed by atoms with Crippen molar-refractivity contribution in [3.8, 4) is 5.75 Å². The van der Waals surface area contributed by atoms with E-state index >= 15 is 0 Å². The van der Waals surface area contributed by atoms with Gasteiger partial charge in [0.2, 0.25) is 0 Å². The second kappa shape index (κ2) is 13.7. The molecule has 0 saturated carbocycles. The molecule has 1 spiro atoms. The van der Waals surface area contributed by atoms with Crippen LogP contribution in [0.5, 0.6) is 5.75 Å². The summed E-state index contributed by atoms with van der Waals surface area (Å²) in [5.74, 6) is -4.84. The Labute approximate surface area is 224 Å². The SMILES string of the molecule is COc1ccc(CN2CCC3(CC(Nc4cccc(F)c4)CO3)C2)cc1.O=C(O)C(F)(F)F.O=C(O)C(F)(F)F. The number of nitrogens with one attached hydrogen (secondary N) is 1. The summed E-state index contributed by atoms with van der Waals surface area (Å²) in [6.07, 6.45) is -8.16. The van der Waals surface area contributed by atoms with Crippen LogP contribution in [0.2, 0.25) is 0 Å². The van der Waals surface area contributed by atoms with Crippen molar-refractivity contribution in [2.45, 2.75) is 43.4 Å². The molecule has 2 unspecified atom stereocenters. The van der Waals surface area contributed by atoms with Gasteiger partial charge in [-0.15, -0.1) is 0 Å². The zero-order valence-electron chi connectivity index (χ0n) is 21.1. The summed E-state index contributed by atoms with van der Waals surface area (Å²) in [5, 5.41) is 17.7. The summed E-state index contributed by atoms with van der Waals surface area (Å²) >= 11 is 0. The van der Waals surface area contributed by atoms with Crippen LogP contribution in [-0.4, -0.2) is 77.9 Å². The fourth-order valence-corrected chi connectivity index (χ4v) is 4.09. The Kier molecular flexibility index (Phi) is 11.1. The quantitative estimate of drug-likeness (QED) is 0.424. The minimum Gasteiger partial charge on any atom is -0.497 e. The van der Waals surface area contributed by atoms with Crippen LogP contribution in [-0.2, 0) is 20.9 Å². The number of anilines is 1. The summed E-state index contributed by atoms with van der Waals surface area (Å²) in [4.78, 5) is 20.2. The summed E-state index contributed by atoms with van der Waals surface area (Å²) < 4.78 is 88.3. The lowest BCUT2D eigenvalue weighted by molar-refractivity contribution is -0.193. The summed E-state index contributed by atoms with van der Waals surface area (Å²) in [6, 6.07) is 15.1. The van der Waals surface area contributed by atoms with Crippen LogP contribution in [0.15, 0.2) is 48.5 Å². The van der Waals surface area contributed by atoms with Gasteiger partial charge in [0.1, 0.15) is 11.6 Å². The molecule has 2 aliphatic heterocycles. The van der Waals surface area contributed by atoms with E-state index in [4.69, 9.17) is 29.3 Å². The first-order valence-electron chi connectivity index (χ1n) is 11.6. The fraction of sp³-hybridized carbons (Fsp3) is 0.440.